The van der Waals surface area contributed by atoms with E-state index >= 15 is 0 Å². The quantitative estimate of drug-likeness (QED) is 0.603. The molecule has 27 heavy (non-hydrogen) atoms. The van der Waals surface area contributed by atoms with Crippen molar-refractivity contribution in [2.45, 2.75) is 23.8 Å². The predicted molar refractivity (Wildman–Crippen MR) is 100 cm³/mol. The van der Waals surface area contributed by atoms with Crippen molar-refractivity contribution in [2.24, 2.45) is 0 Å². The van der Waals surface area contributed by atoms with E-state index in [9.17, 15) is 17.6 Å². The summed E-state index contributed by atoms with van der Waals surface area (Å²) in [6, 6.07) is 12.6. The summed E-state index contributed by atoms with van der Waals surface area (Å²) in [5.74, 6) is -0.966. The molecule has 6 nitrogen and oxygen atoms in total. The molecule has 0 heterocycles. The predicted octanol–water partition coefficient (Wildman–Crippen LogP) is 1.87. The van der Waals surface area contributed by atoms with Crippen molar-refractivity contribution in [1.82, 2.24) is 10.0 Å². The van der Waals surface area contributed by atoms with E-state index in [1.807, 2.05) is 30.3 Å². The maximum atomic E-state index is 13.1. The number of hydrogen-bond acceptors (Lipinski definition) is 4. The number of benzene rings is 2. The topological polar surface area (TPSA) is 84.5 Å². The fourth-order valence-electron chi connectivity index (χ4n) is 2.46. The molecule has 0 aliphatic heterocycles. The first-order valence-corrected chi connectivity index (χ1v) is 9.99. The van der Waals surface area contributed by atoms with E-state index in [-0.39, 0.29) is 11.3 Å². The Morgan fingerprint density at radius 3 is 2.41 bits per heavy atom. The van der Waals surface area contributed by atoms with Crippen LogP contribution in [0, 0.1) is 5.82 Å². The van der Waals surface area contributed by atoms with Crippen molar-refractivity contribution in [3.8, 4) is 0 Å². The molecule has 0 unspecified atom stereocenters. The zero-order chi connectivity index (χ0) is 19.7. The van der Waals surface area contributed by atoms with E-state index in [1.54, 1.807) is 7.11 Å². The number of ether oxygens (including phenoxy) is 1. The van der Waals surface area contributed by atoms with Gasteiger partial charge >= 0.3 is 0 Å². The highest BCUT2D eigenvalue weighted by molar-refractivity contribution is 7.89. The van der Waals surface area contributed by atoms with Gasteiger partial charge in [-0.1, -0.05) is 30.3 Å². The van der Waals surface area contributed by atoms with Crippen LogP contribution >= 0.6 is 0 Å². The Bertz CT molecular complexity index is 827. The maximum Gasteiger partial charge on any atom is 0.241 e. The number of sulfonamides is 1. The number of amides is 1. The number of rotatable bonds is 10. The molecule has 0 radical (unpaired) electrons. The van der Waals surface area contributed by atoms with Gasteiger partial charge in [0.05, 0.1) is 4.90 Å². The SMILES string of the molecule is COCCCNC(=O)[C@@H](Cc1ccccc1)NS(=O)(=O)c1ccc(F)cc1. The average Bonchev–Trinajstić information content (AvgIpc) is 2.65. The Balaban J connectivity index is 2.15. The molecule has 2 rings (SSSR count). The van der Waals surface area contributed by atoms with Gasteiger partial charge in [0.2, 0.25) is 15.9 Å². The summed E-state index contributed by atoms with van der Waals surface area (Å²) >= 11 is 0. The Hall–Kier alpha value is -2.29. The molecule has 0 aliphatic carbocycles. The summed E-state index contributed by atoms with van der Waals surface area (Å²) in [5, 5.41) is 2.72. The number of methoxy groups -OCH3 is 1. The second kappa shape index (κ2) is 10.1. The summed E-state index contributed by atoms with van der Waals surface area (Å²) < 4.78 is 45.6. The van der Waals surface area contributed by atoms with Crippen LogP contribution < -0.4 is 10.0 Å². The Kier molecular flexibility index (Phi) is 7.90. The first-order valence-electron chi connectivity index (χ1n) is 8.51. The van der Waals surface area contributed by atoms with Crippen LogP contribution in [-0.4, -0.2) is 40.6 Å². The van der Waals surface area contributed by atoms with Gasteiger partial charge in [-0.15, -0.1) is 0 Å². The van der Waals surface area contributed by atoms with E-state index < -0.39 is 27.8 Å². The molecule has 0 aromatic heterocycles. The van der Waals surface area contributed by atoms with Crippen molar-refractivity contribution in [2.75, 3.05) is 20.3 Å². The lowest BCUT2D eigenvalue weighted by atomic mass is 10.1. The number of carbonyl (C=O) groups excluding carboxylic acids is 1. The normalized spacial score (nSPS) is 12.5. The molecular formula is C19H23FN2O4S. The van der Waals surface area contributed by atoms with E-state index in [2.05, 4.69) is 10.0 Å². The molecule has 2 aromatic rings. The molecule has 1 amide bonds. The Morgan fingerprint density at radius 2 is 1.78 bits per heavy atom. The van der Waals surface area contributed by atoms with Crippen LogP contribution in [0.2, 0.25) is 0 Å². The van der Waals surface area contributed by atoms with Crippen molar-refractivity contribution in [3.63, 3.8) is 0 Å². The summed E-state index contributed by atoms with van der Waals surface area (Å²) in [6.07, 6.45) is 0.808. The Morgan fingerprint density at radius 1 is 1.11 bits per heavy atom. The van der Waals surface area contributed by atoms with Gasteiger partial charge in [-0.25, -0.2) is 12.8 Å². The van der Waals surface area contributed by atoms with Crippen molar-refractivity contribution in [3.05, 3.63) is 66.0 Å². The van der Waals surface area contributed by atoms with Gasteiger partial charge in [-0.3, -0.25) is 4.79 Å². The zero-order valence-electron chi connectivity index (χ0n) is 15.0. The summed E-state index contributed by atoms with van der Waals surface area (Å²) in [6.45, 7) is 0.862. The molecule has 0 spiro atoms. The highest BCUT2D eigenvalue weighted by atomic mass is 32.2. The smallest absolute Gasteiger partial charge is 0.241 e. The minimum Gasteiger partial charge on any atom is -0.385 e. The maximum absolute atomic E-state index is 13.1. The van der Waals surface area contributed by atoms with E-state index in [0.717, 1.165) is 29.8 Å². The molecule has 8 heteroatoms. The third-order valence-corrected chi connectivity index (χ3v) is 5.33. The number of nitrogens with one attached hydrogen (secondary N) is 2. The van der Waals surface area contributed by atoms with Gasteiger partial charge in [-0.05, 0) is 42.7 Å². The Labute approximate surface area is 158 Å². The lowest BCUT2D eigenvalue weighted by molar-refractivity contribution is -0.122. The van der Waals surface area contributed by atoms with Gasteiger partial charge in [0, 0.05) is 20.3 Å². The molecule has 1 atom stereocenters. The second-order valence-corrected chi connectivity index (χ2v) is 7.67. The zero-order valence-corrected chi connectivity index (χ0v) is 15.8. The molecule has 0 saturated heterocycles. The van der Waals surface area contributed by atoms with Gasteiger partial charge in [0.25, 0.3) is 0 Å². The molecule has 0 aliphatic rings. The molecule has 0 bridgehead atoms. The van der Waals surface area contributed by atoms with E-state index in [4.69, 9.17) is 4.74 Å². The lowest BCUT2D eigenvalue weighted by Crippen LogP contribution is -2.48. The lowest BCUT2D eigenvalue weighted by Gasteiger charge is -2.19. The summed E-state index contributed by atoms with van der Waals surface area (Å²) in [4.78, 5) is 12.4. The first kappa shape index (κ1) is 21.0. The average molecular weight is 394 g/mol. The van der Waals surface area contributed by atoms with Gasteiger partial charge in [-0.2, -0.15) is 4.72 Å². The van der Waals surface area contributed by atoms with Gasteiger partial charge < -0.3 is 10.1 Å². The highest BCUT2D eigenvalue weighted by Crippen LogP contribution is 2.12. The molecule has 2 aromatic carbocycles. The van der Waals surface area contributed by atoms with Crippen LogP contribution in [0.25, 0.3) is 0 Å². The number of carbonyl (C=O) groups is 1. The molecule has 0 saturated carbocycles. The van der Waals surface area contributed by atoms with Crippen LogP contribution in [0.3, 0.4) is 0 Å². The van der Waals surface area contributed by atoms with Crippen LogP contribution in [0.1, 0.15) is 12.0 Å². The fourth-order valence-corrected chi connectivity index (χ4v) is 3.65. The van der Waals surface area contributed by atoms with Crippen LogP contribution in [0.4, 0.5) is 4.39 Å². The minimum atomic E-state index is -3.98. The van der Waals surface area contributed by atoms with Gasteiger partial charge in [0.15, 0.2) is 0 Å². The van der Waals surface area contributed by atoms with Crippen LogP contribution in [-0.2, 0) is 26.0 Å². The third-order valence-electron chi connectivity index (χ3n) is 3.84. The molecule has 2 N–H and O–H groups in total. The van der Waals surface area contributed by atoms with Crippen molar-refractivity contribution >= 4 is 15.9 Å². The van der Waals surface area contributed by atoms with Crippen molar-refractivity contribution < 1.29 is 22.3 Å². The first-order chi connectivity index (χ1) is 12.9. The van der Waals surface area contributed by atoms with E-state index in [1.165, 1.54) is 0 Å². The standard InChI is InChI=1S/C19H23FN2O4S/c1-26-13-5-12-21-19(23)18(14-15-6-3-2-4-7-15)22-27(24,25)17-10-8-16(20)9-11-17/h2-4,6-11,18,22H,5,12-14H2,1H3,(H,21,23)/t18-/m1/s1. The molecule has 0 fully saturated rings. The number of halogens is 1. The monoisotopic (exact) mass is 394 g/mol. The highest BCUT2D eigenvalue weighted by Gasteiger charge is 2.26. The third kappa shape index (κ3) is 6.74. The minimum absolute atomic E-state index is 0.103. The largest absolute Gasteiger partial charge is 0.385 e. The second-order valence-electron chi connectivity index (χ2n) is 5.95. The van der Waals surface area contributed by atoms with Gasteiger partial charge in [0.1, 0.15) is 11.9 Å². The summed E-state index contributed by atoms with van der Waals surface area (Å²) in [7, 11) is -2.41. The molecular weight excluding hydrogens is 371 g/mol. The molecule has 146 valence electrons. The number of hydrogen-bond donors (Lipinski definition) is 2. The summed E-state index contributed by atoms with van der Waals surface area (Å²) in [5.41, 5.74) is 0.816. The van der Waals surface area contributed by atoms with Crippen LogP contribution in [0.15, 0.2) is 59.5 Å². The van der Waals surface area contributed by atoms with E-state index in [0.29, 0.717) is 19.6 Å². The van der Waals surface area contributed by atoms with Crippen LogP contribution in [0.5, 0.6) is 0 Å². The van der Waals surface area contributed by atoms with Crippen molar-refractivity contribution in [1.29, 1.82) is 0 Å². The fraction of sp³-hybridized carbons (Fsp3) is 0.316.